The van der Waals surface area contributed by atoms with Gasteiger partial charge in [0, 0.05) is 18.0 Å². The quantitative estimate of drug-likeness (QED) is 0.570. The first-order chi connectivity index (χ1) is 14.5. The average molecular weight is 396 g/mol. The first-order valence-corrected chi connectivity index (χ1v) is 9.81. The number of hydrogen-bond acceptors (Lipinski definition) is 4. The van der Waals surface area contributed by atoms with Crippen molar-refractivity contribution < 1.29 is 4.79 Å². The molecule has 148 valence electrons. The molecule has 2 aromatic carbocycles. The number of pyridine rings is 1. The van der Waals surface area contributed by atoms with Crippen LogP contribution in [0.2, 0.25) is 0 Å². The van der Waals surface area contributed by atoms with E-state index >= 15 is 0 Å². The molecule has 1 amide bonds. The normalized spacial score (nSPS) is 14.9. The van der Waals surface area contributed by atoms with Gasteiger partial charge in [0.1, 0.15) is 0 Å². The fraction of sp³-hybridized carbons (Fsp3) is 0.167. The maximum absolute atomic E-state index is 13.2. The molecule has 5 rings (SSSR count). The molecule has 30 heavy (non-hydrogen) atoms. The molecule has 0 radical (unpaired) electrons. The summed E-state index contributed by atoms with van der Waals surface area (Å²) in [4.78, 5) is 31.4. The number of rotatable bonds is 3. The maximum Gasteiger partial charge on any atom is 0.272 e. The molecule has 1 N–H and O–H groups in total. The van der Waals surface area contributed by atoms with Gasteiger partial charge in [-0.1, -0.05) is 36.4 Å². The smallest absolute Gasteiger partial charge is 0.272 e. The minimum absolute atomic E-state index is 0.0234. The van der Waals surface area contributed by atoms with Crippen LogP contribution in [0.5, 0.6) is 0 Å². The Morgan fingerprint density at radius 1 is 0.967 bits per heavy atom. The second-order valence-electron chi connectivity index (χ2n) is 8.06. The van der Waals surface area contributed by atoms with E-state index in [-0.39, 0.29) is 11.5 Å². The van der Waals surface area contributed by atoms with E-state index in [0.717, 1.165) is 33.6 Å². The number of anilines is 2. The van der Waals surface area contributed by atoms with E-state index in [9.17, 15) is 9.59 Å². The number of H-pyrrole nitrogens is 1. The second kappa shape index (κ2) is 6.62. The van der Waals surface area contributed by atoms with E-state index in [2.05, 4.69) is 15.2 Å². The van der Waals surface area contributed by atoms with Gasteiger partial charge in [0.2, 0.25) is 5.91 Å². The summed E-state index contributed by atoms with van der Waals surface area (Å²) >= 11 is 0. The summed E-state index contributed by atoms with van der Waals surface area (Å²) in [7, 11) is 0. The lowest BCUT2D eigenvalue weighted by Crippen LogP contribution is -2.33. The van der Waals surface area contributed by atoms with Crippen molar-refractivity contribution in [1.29, 1.82) is 0 Å². The van der Waals surface area contributed by atoms with Crippen molar-refractivity contribution in [3.63, 3.8) is 0 Å². The molecule has 4 aromatic rings. The molecular formula is C24H20N4O2. The second-order valence-corrected chi connectivity index (χ2v) is 8.06. The molecule has 0 spiro atoms. The Morgan fingerprint density at radius 2 is 1.70 bits per heavy atom. The standard InChI is InChI=1S/C24H20N4O2/c1-24(2)19-9-5-6-10-21(19)28(23(24)30)16-11-15(13-25-14-16)12-20-17-7-3-4-8-18(17)22(29)27-26-20/h3-11,13-14H,12H2,1-2H3,(H,27,29). The van der Waals surface area contributed by atoms with Gasteiger partial charge in [-0.15, -0.1) is 0 Å². The topological polar surface area (TPSA) is 79.0 Å². The molecule has 3 heterocycles. The zero-order valence-corrected chi connectivity index (χ0v) is 16.7. The van der Waals surface area contributed by atoms with Crippen LogP contribution in [-0.2, 0) is 16.6 Å². The molecule has 6 heteroatoms. The number of hydrogen-bond donors (Lipinski definition) is 1. The molecule has 0 atom stereocenters. The fourth-order valence-corrected chi connectivity index (χ4v) is 4.15. The third-order valence-electron chi connectivity index (χ3n) is 5.74. The number of fused-ring (bicyclic) bond motifs is 2. The van der Waals surface area contributed by atoms with Gasteiger partial charge in [0.05, 0.1) is 34.1 Å². The summed E-state index contributed by atoms with van der Waals surface area (Å²) in [5, 5.41) is 8.25. The van der Waals surface area contributed by atoms with Crippen molar-refractivity contribution in [2.75, 3.05) is 4.90 Å². The van der Waals surface area contributed by atoms with E-state index in [0.29, 0.717) is 11.8 Å². The predicted molar refractivity (Wildman–Crippen MR) is 116 cm³/mol. The van der Waals surface area contributed by atoms with Crippen LogP contribution in [0.3, 0.4) is 0 Å². The van der Waals surface area contributed by atoms with Crippen LogP contribution >= 0.6 is 0 Å². The van der Waals surface area contributed by atoms with Gasteiger partial charge in [-0.25, -0.2) is 5.10 Å². The van der Waals surface area contributed by atoms with Crippen LogP contribution in [-0.4, -0.2) is 21.1 Å². The van der Waals surface area contributed by atoms with Crippen LogP contribution in [0, 0.1) is 0 Å². The van der Waals surface area contributed by atoms with E-state index in [1.165, 1.54) is 0 Å². The van der Waals surface area contributed by atoms with Gasteiger partial charge in [-0.3, -0.25) is 19.5 Å². The number of aromatic amines is 1. The number of para-hydroxylation sites is 1. The average Bonchev–Trinajstić information content (AvgIpc) is 2.96. The zero-order valence-electron chi connectivity index (χ0n) is 16.7. The Balaban J connectivity index is 1.56. The number of carbonyl (C=O) groups excluding carboxylic acids is 1. The first kappa shape index (κ1) is 18.2. The Morgan fingerprint density at radius 3 is 2.53 bits per heavy atom. The number of nitrogens with one attached hydrogen (secondary N) is 1. The highest BCUT2D eigenvalue weighted by Gasteiger charge is 2.44. The van der Waals surface area contributed by atoms with Crippen molar-refractivity contribution in [1.82, 2.24) is 15.2 Å². The Bertz CT molecular complexity index is 1360. The van der Waals surface area contributed by atoms with Gasteiger partial charge in [-0.05, 0) is 43.2 Å². The molecule has 0 unspecified atom stereocenters. The maximum atomic E-state index is 13.2. The lowest BCUT2D eigenvalue weighted by Gasteiger charge is -2.20. The molecule has 6 nitrogen and oxygen atoms in total. The summed E-state index contributed by atoms with van der Waals surface area (Å²) in [6, 6.07) is 17.2. The highest BCUT2D eigenvalue weighted by atomic mass is 16.2. The molecule has 0 fully saturated rings. The molecule has 0 aliphatic carbocycles. The number of carbonyl (C=O) groups is 1. The number of nitrogens with zero attached hydrogens (tertiary/aromatic N) is 3. The van der Waals surface area contributed by atoms with Crippen molar-refractivity contribution in [3.8, 4) is 0 Å². The lowest BCUT2D eigenvalue weighted by atomic mass is 9.86. The van der Waals surface area contributed by atoms with E-state index in [1.807, 2.05) is 62.4 Å². The van der Waals surface area contributed by atoms with Gasteiger partial charge in [0.15, 0.2) is 0 Å². The van der Waals surface area contributed by atoms with Gasteiger partial charge < -0.3 is 0 Å². The Kier molecular flexibility index (Phi) is 4.03. The van der Waals surface area contributed by atoms with Crippen molar-refractivity contribution in [3.05, 3.63) is 94.2 Å². The van der Waals surface area contributed by atoms with Crippen molar-refractivity contribution in [2.45, 2.75) is 25.7 Å². The third kappa shape index (κ3) is 2.72. The van der Waals surface area contributed by atoms with Crippen LogP contribution in [0.4, 0.5) is 11.4 Å². The summed E-state index contributed by atoms with van der Waals surface area (Å²) in [6.07, 6.45) is 3.96. The van der Waals surface area contributed by atoms with E-state index < -0.39 is 5.41 Å². The SMILES string of the molecule is CC1(C)C(=O)N(c2cncc(Cc3n[nH]c(=O)c4ccccc34)c2)c2ccccc21. The molecule has 0 bridgehead atoms. The largest absolute Gasteiger partial charge is 0.278 e. The predicted octanol–water partition coefficient (Wildman–Crippen LogP) is 3.86. The van der Waals surface area contributed by atoms with Crippen LogP contribution < -0.4 is 10.5 Å². The number of aromatic nitrogens is 3. The summed E-state index contributed by atoms with van der Waals surface area (Å²) < 4.78 is 0. The van der Waals surface area contributed by atoms with E-state index in [4.69, 9.17) is 0 Å². The van der Waals surface area contributed by atoms with Crippen molar-refractivity contribution in [2.24, 2.45) is 0 Å². The molecule has 0 saturated carbocycles. The van der Waals surface area contributed by atoms with Gasteiger partial charge in [-0.2, -0.15) is 5.10 Å². The van der Waals surface area contributed by atoms with Crippen LogP contribution in [0.15, 0.2) is 71.8 Å². The highest BCUT2D eigenvalue weighted by molar-refractivity contribution is 6.12. The van der Waals surface area contributed by atoms with Crippen LogP contribution in [0.25, 0.3) is 10.8 Å². The van der Waals surface area contributed by atoms with E-state index in [1.54, 1.807) is 23.4 Å². The van der Waals surface area contributed by atoms with Gasteiger partial charge in [0.25, 0.3) is 5.56 Å². The number of benzene rings is 2. The zero-order chi connectivity index (χ0) is 20.9. The monoisotopic (exact) mass is 396 g/mol. The lowest BCUT2D eigenvalue weighted by molar-refractivity contribution is -0.121. The molecular weight excluding hydrogens is 376 g/mol. The van der Waals surface area contributed by atoms with Crippen molar-refractivity contribution >= 4 is 28.1 Å². The summed E-state index contributed by atoms with van der Waals surface area (Å²) in [6.45, 7) is 3.89. The first-order valence-electron chi connectivity index (χ1n) is 9.81. The Labute approximate surface area is 173 Å². The Hall–Kier alpha value is -3.80. The fourth-order valence-electron chi connectivity index (χ4n) is 4.15. The van der Waals surface area contributed by atoms with Crippen LogP contribution in [0.1, 0.15) is 30.7 Å². The molecule has 2 aromatic heterocycles. The third-order valence-corrected chi connectivity index (χ3v) is 5.74. The molecule has 1 aliphatic rings. The molecule has 1 aliphatic heterocycles. The van der Waals surface area contributed by atoms with Gasteiger partial charge >= 0.3 is 0 Å². The molecule has 0 saturated heterocycles. The minimum atomic E-state index is -0.594. The minimum Gasteiger partial charge on any atom is -0.278 e. The summed E-state index contributed by atoms with van der Waals surface area (Å²) in [5.74, 6) is 0.0234. The number of amides is 1. The summed E-state index contributed by atoms with van der Waals surface area (Å²) in [5.41, 5.74) is 3.49. The highest BCUT2D eigenvalue weighted by Crippen LogP contribution is 2.45.